The molecule has 2 atom stereocenters. The molecule has 0 aliphatic heterocycles. The lowest BCUT2D eigenvalue weighted by molar-refractivity contribution is -0.788. The Kier molecular flexibility index (Phi) is 2.72. The molecule has 4 saturated carbocycles. The molecule has 21 heavy (non-hydrogen) atoms. The van der Waals surface area contributed by atoms with Crippen LogP contribution in [0.5, 0.6) is 0 Å². The van der Waals surface area contributed by atoms with E-state index in [2.05, 4.69) is 18.7 Å². The molecule has 0 aromatic heterocycles. The van der Waals surface area contributed by atoms with Crippen LogP contribution in [-0.4, -0.2) is 22.4 Å². The molecule has 0 N–H and O–H groups in total. The Hall–Kier alpha value is -1.60. The predicted octanol–water partition coefficient (Wildman–Crippen LogP) is 2.52. The van der Waals surface area contributed by atoms with Gasteiger partial charge in [-0.3, -0.25) is 0 Å². The van der Waals surface area contributed by atoms with Crippen LogP contribution < -0.4 is 0 Å². The van der Waals surface area contributed by atoms with E-state index in [-0.39, 0.29) is 22.9 Å². The SMILES string of the molecule is CC12CC3(C)CC(CO[N+](=O)[O-])(C1)CC(O[N+](=O)[O-])(C2)C3. The quantitative estimate of drug-likeness (QED) is 0.570. The van der Waals surface area contributed by atoms with Crippen molar-refractivity contribution in [3.05, 3.63) is 20.2 Å². The number of nitrogens with zero attached hydrogens (tertiary/aromatic N) is 2. The molecule has 0 amide bonds. The van der Waals surface area contributed by atoms with Gasteiger partial charge in [0.05, 0.1) is 0 Å². The van der Waals surface area contributed by atoms with E-state index in [1.807, 2.05) is 0 Å². The Labute approximate surface area is 122 Å². The second-order valence-corrected chi connectivity index (χ2v) is 8.18. The minimum absolute atomic E-state index is 0.00794. The molecule has 2 unspecified atom stereocenters. The van der Waals surface area contributed by atoms with Gasteiger partial charge in [-0.1, -0.05) is 13.8 Å². The molecular weight excluding hydrogens is 280 g/mol. The second kappa shape index (κ2) is 3.98. The highest BCUT2D eigenvalue weighted by Gasteiger charge is 2.67. The van der Waals surface area contributed by atoms with Gasteiger partial charge in [-0.25, -0.2) is 0 Å². The maximum atomic E-state index is 10.9. The molecule has 4 aliphatic rings. The van der Waals surface area contributed by atoms with Gasteiger partial charge in [0, 0.05) is 0 Å². The Balaban J connectivity index is 1.93. The Morgan fingerprint density at radius 3 is 1.95 bits per heavy atom. The fourth-order valence-electron chi connectivity index (χ4n) is 6.43. The van der Waals surface area contributed by atoms with Crippen molar-refractivity contribution in [2.24, 2.45) is 16.2 Å². The predicted molar refractivity (Wildman–Crippen MR) is 70.1 cm³/mol. The third-order valence-electron chi connectivity index (χ3n) is 5.40. The van der Waals surface area contributed by atoms with Crippen molar-refractivity contribution in [3.63, 3.8) is 0 Å². The van der Waals surface area contributed by atoms with Gasteiger partial charge in [-0.15, -0.1) is 20.2 Å². The minimum Gasteiger partial charge on any atom is -0.313 e. The molecule has 0 saturated heterocycles. The van der Waals surface area contributed by atoms with Gasteiger partial charge < -0.3 is 9.68 Å². The minimum atomic E-state index is -0.804. The largest absolute Gasteiger partial charge is 0.313 e. The summed E-state index contributed by atoms with van der Waals surface area (Å²) in [6, 6.07) is 0. The standard InChI is InChI=1S/C13H20N2O6/c1-10-3-11(2)5-12(4-10,9-20-14(16)17)8-13(6-10,7-11)21-15(18)19/h3-9H2,1-2H3. The molecule has 0 spiro atoms. The molecule has 4 fully saturated rings. The summed E-state index contributed by atoms with van der Waals surface area (Å²) in [5, 5.41) is 20.0. The lowest BCUT2D eigenvalue weighted by atomic mass is 9.39. The average molecular weight is 300 g/mol. The summed E-state index contributed by atoms with van der Waals surface area (Å²) in [6.07, 6.45) is 4.38. The van der Waals surface area contributed by atoms with Crippen molar-refractivity contribution in [1.82, 2.24) is 0 Å². The molecule has 118 valence electrons. The van der Waals surface area contributed by atoms with Gasteiger partial charge in [0.15, 0.2) is 0 Å². The van der Waals surface area contributed by atoms with E-state index in [4.69, 9.17) is 4.84 Å². The third kappa shape index (κ3) is 2.40. The van der Waals surface area contributed by atoms with Crippen LogP contribution >= 0.6 is 0 Å². The zero-order chi connectivity index (χ0) is 15.5. The van der Waals surface area contributed by atoms with E-state index in [1.165, 1.54) is 0 Å². The van der Waals surface area contributed by atoms with E-state index in [1.54, 1.807) is 0 Å². The zero-order valence-corrected chi connectivity index (χ0v) is 12.3. The normalized spacial score (nSPS) is 47.1. The Bertz CT molecular complexity index is 489. The first-order valence-electron chi connectivity index (χ1n) is 7.18. The third-order valence-corrected chi connectivity index (χ3v) is 5.40. The van der Waals surface area contributed by atoms with Gasteiger partial charge in [0.2, 0.25) is 0 Å². The summed E-state index contributed by atoms with van der Waals surface area (Å²) in [7, 11) is 0. The lowest BCUT2D eigenvalue weighted by Crippen LogP contribution is -2.65. The molecule has 4 bridgehead atoms. The fraction of sp³-hybridized carbons (Fsp3) is 1.00. The highest BCUT2D eigenvalue weighted by molar-refractivity contribution is 5.16. The molecule has 0 heterocycles. The van der Waals surface area contributed by atoms with Crippen LogP contribution in [0.3, 0.4) is 0 Å². The van der Waals surface area contributed by atoms with Gasteiger partial charge in [0.25, 0.3) is 10.2 Å². The van der Waals surface area contributed by atoms with Crippen molar-refractivity contribution in [3.8, 4) is 0 Å². The summed E-state index contributed by atoms with van der Waals surface area (Å²) in [6.45, 7) is 4.23. The van der Waals surface area contributed by atoms with E-state index < -0.39 is 15.8 Å². The summed E-state index contributed by atoms with van der Waals surface area (Å²) in [5.41, 5.74) is -1.33. The molecule has 4 aliphatic carbocycles. The first-order chi connectivity index (χ1) is 9.58. The Morgan fingerprint density at radius 1 is 0.905 bits per heavy atom. The first kappa shape index (κ1) is 14.3. The molecule has 0 radical (unpaired) electrons. The van der Waals surface area contributed by atoms with Crippen molar-refractivity contribution in [2.75, 3.05) is 6.61 Å². The smallest absolute Gasteiger partial charge is 0.295 e. The van der Waals surface area contributed by atoms with E-state index in [0.717, 1.165) is 19.3 Å². The van der Waals surface area contributed by atoms with Crippen LogP contribution in [-0.2, 0) is 9.68 Å². The van der Waals surface area contributed by atoms with E-state index >= 15 is 0 Å². The highest BCUT2D eigenvalue weighted by Crippen LogP contribution is 2.71. The number of hydrogen-bond donors (Lipinski definition) is 0. The molecule has 0 aromatic rings. The summed E-state index contributed by atoms with van der Waals surface area (Å²) in [4.78, 5) is 31.2. The lowest BCUT2D eigenvalue weighted by Gasteiger charge is -2.68. The fourth-order valence-corrected chi connectivity index (χ4v) is 6.43. The maximum absolute atomic E-state index is 10.9. The van der Waals surface area contributed by atoms with Crippen molar-refractivity contribution in [2.45, 2.75) is 58.0 Å². The van der Waals surface area contributed by atoms with Crippen LogP contribution in [0.1, 0.15) is 52.4 Å². The topological polar surface area (TPSA) is 105 Å². The van der Waals surface area contributed by atoms with E-state index in [9.17, 15) is 20.2 Å². The van der Waals surface area contributed by atoms with Crippen LogP contribution in [0.2, 0.25) is 0 Å². The van der Waals surface area contributed by atoms with Gasteiger partial charge in [0.1, 0.15) is 12.2 Å². The average Bonchev–Trinajstić information content (AvgIpc) is 2.19. The number of hydrogen-bond acceptors (Lipinski definition) is 6. The molecule has 0 aromatic carbocycles. The van der Waals surface area contributed by atoms with Crippen LogP contribution in [0.4, 0.5) is 0 Å². The van der Waals surface area contributed by atoms with Crippen LogP contribution in [0, 0.1) is 36.5 Å². The van der Waals surface area contributed by atoms with Gasteiger partial charge in [-0.2, -0.15) is 0 Å². The van der Waals surface area contributed by atoms with Gasteiger partial charge >= 0.3 is 0 Å². The highest BCUT2D eigenvalue weighted by atomic mass is 17.0. The van der Waals surface area contributed by atoms with Crippen molar-refractivity contribution >= 4 is 0 Å². The molecule has 8 heteroatoms. The Morgan fingerprint density at radius 2 is 1.48 bits per heavy atom. The van der Waals surface area contributed by atoms with Crippen molar-refractivity contribution in [1.29, 1.82) is 0 Å². The summed E-state index contributed by atoms with van der Waals surface area (Å²) < 4.78 is 0. The van der Waals surface area contributed by atoms with Crippen molar-refractivity contribution < 1.29 is 19.8 Å². The molecule has 8 nitrogen and oxygen atoms in total. The van der Waals surface area contributed by atoms with Crippen LogP contribution in [0.25, 0.3) is 0 Å². The zero-order valence-electron chi connectivity index (χ0n) is 12.3. The molecular formula is C13H20N2O6. The second-order valence-electron chi connectivity index (χ2n) is 8.18. The van der Waals surface area contributed by atoms with E-state index in [0.29, 0.717) is 19.3 Å². The van der Waals surface area contributed by atoms with Gasteiger partial charge in [-0.05, 0) is 54.8 Å². The summed E-state index contributed by atoms with van der Waals surface area (Å²) in [5.74, 6) is 0. The first-order valence-corrected chi connectivity index (χ1v) is 7.18. The molecule has 4 rings (SSSR count). The monoisotopic (exact) mass is 300 g/mol. The maximum Gasteiger partial charge on any atom is 0.295 e. The van der Waals surface area contributed by atoms with Crippen LogP contribution in [0.15, 0.2) is 0 Å². The number of rotatable bonds is 5. The summed E-state index contributed by atoms with van der Waals surface area (Å²) >= 11 is 0.